The summed E-state index contributed by atoms with van der Waals surface area (Å²) in [6.07, 6.45) is 5.95. The second-order valence-corrected chi connectivity index (χ2v) is 3.57. The minimum absolute atomic E-state index is 1.03. The molecule has 0 amide bonds. The van der Waals surface area contributed by atoms with E-state index in [-0.39, 0.29) is 0 Å². The first-order valence-corrected chi connectivity index (χ1v) is 3.68. The Hall–Kier alpha value is 0. The lowest BCUT2D eigenvalue weighted by Gasteiger charge is -2.43. The Morgan fingerprint density at radius 2 is 2.00 bits per heavy atom. The molecular weight excluding hydrogens is 96.1 g/mol. The van der Waals surface area contributed by atoms with Gasteiger partial charge in [0.05, 0.1) is 0 Å². The van der Waals surface area contributed by atoms with Gasteiger partial charge >= 0.3 is 0 Å². The molecule has 0 saturated heterocycles. The highest BCUT2D eigenvalue weighted by molar-refractivity contribution is 5.08. The van der Waals surface area contributed by atoms with Crippen molar-refractivity contribution in [3.8, 4) is 0 Å². The van der Waals surface area contributed by atoms with Crippen LogP contribution in [0.15, 0.2) is 0 Å². The first-order chi connectivity index (χ1) is 3.84. The zero-order valence-electron chi connectivity index (χ0n) is 5.48. The maximum absolute atomic E-state index is 2.38. The molecule has 3 fully saturated rings. The Morgan fingerprint density at radius 1 is 1.25 bits per heavy atom. The van der Waals surface area contributed by atoms with Crippen LogP contribution in [0.4, 0.5) is 0 Å². The summed E-state index contributed by atoms with van der Waals surface area (Å²) in [7, 11) is 0. The molecule has 8 heavy (non-hydrogen) atoms. The maximum atomic E-state index is 2.38. The van der Waals surface area contributed by atoms with E-state index in [1.165, 1.54) is 25.7 Å². The summed E-state index contributed by atoms with van der Waals surface area (Å²) < 4.78 is 0. The molecule has 1 unspecified atom stereocenters. The molecule has 45 valence electrons. The van der Waals surface area contributed by atoms with Crippen molar-refractivity contribution in [2.24, 2.45) is 11.8 Å². The summed E-state index contributed by atoms with van der Waals surface area (Å²) >= 11 is 0. The molecule has 3 rings (SSSR count). The van der Waals surface area contributed by atoms with Crippen molar-refractivity contribution >= 4 is 0 Å². The van der Waals surface area contributed by atoms with Crippen LogP contribution in [0.2, 0.25) is 0 Å². The zero-order valence-corrected chi connectivity index (χ0v) is 5.48. The third-order valence-electron chi connectivity index (χ3n) is 2.53. The second kappa shape index (κ2) is 1.49. The summed E-state index contributed by atoms with van der Waals surface area (Å²) in [6.45, 7) is 2.38. The first-order valence-electron chi connectivity index (χ1n) is 3.68. The van der Waals surface area contributed by atoms with Gasteiger partial charge in [0.2, 0.25) is 0 Å². The van der Waals surface area contributed by atoms with Crippen LogP contribution >= 0.6 is 0 Å². The summed E-state index contributed by atoms with van der Waals surface area (Å²) in [4.78, 5) is 0. The van der Waals surface area contributed by atoms with Gasteiger partial charge in [-0.25, -0.2) is 0 Å². The van der Waals surface area contributed by atoms with Crippen LogP contribution in [0, 0.1) is 17.8 Å². The molecule has 1 radical (unpaired) electrons. The molecule has 0 spiro atoms. The van der Waals surface area contributed by atoms with Crippen molar-refractivity contribution in [3.05, 3.63) is 5.92 Å². The van der Waals surface area contributed by atoms with E-state index >= 15 is 0 Å². The van der Waals surface area contributed by atoms with Crippen molar-refractivity contribution in [2.75, 3.05) is 0 Å². The quantitative estimate of drug-likeness (QED) is 0.448. The van der Waals surface area contributed by atoms with Gasteiger partial charge in [0, 0.05) is 0 Å². The van der Waals surface area contributed by atoms with E-state index in [0.717, 1.165) is 11.8 Å². The highest BCUT2D eigenvalue weighted by Gasteiger charge is 2.36. The van der Waals surface area contributed by atoms with Gasteiger partial charge in [-0.05, 0) is 43.4 Å². The van der Waals surface area contributed by atoms with Gasteiger partial charge in [-0.3, -0.25) is 0 Å². The lowest BCUT2D eigenvalue weighted by atomic mass is 9.62. The summed E-state index contributed by atoms with van der Waals surface area (Å²) in [5, 5.41) is 0. The van der Waals surface area contributed by atoms with E-state index in [1.807, 2.05) is 5.92 Å². The van der Waals surface area contributed by atoms with Crippen LogP contribution in [0.25, 0.3) is 0 Å². The van der Waals surface area contributed by atoms with Crippen LogP contribution in [0.5, 0.6) is 0 Å². The van der Waals surface area contributed by atoms with Gasteiger partial charge in [0.25, 0.3) is 0 Å². The molecule has 3 aliphatic rings. The van der Waals surface area contributed by atoms with E-state index < -0.39 is 0 Å². The molecule has 0 aromatic carbocycles. The average molecular weight is 109 g/mol. The van der Waals surface area contributed by atoms with E-state index in [2.05, 4.69) is 6.92 Å². The number of rotatable bonds is 0. The number of hydrogen-bond donors (Lipinski definition) is 0. The molecule has 0 aromatic rings. The highest BCUT2D eigenvalue weighted by Crippen LogP contribution is 2.49. The standard InChI is InChI=1S/C8H13/c1-6-2-7-4-8(3-6)5-7/h6-7H,2-5H2,1H3. The molecule has 0 heterocycles. The average Bonchev–Trinajstić information content (AvgIpc) is 1.62. The van der Waals surface area contributed by atoms with E-state index in [0.29, 0.717) is 0 Å². The summed E-state index contributed by atoms with van der Waals surface area (Å²) in [5.41, 5.74) is 0. The van der Waals surface area contributed by atoms with Crippen molar-refractivity contribution in [1.82, 2.24) is 0 Å². The van der Waals surface area contributed by atoms with E-state index in [4.69, 9.17) is 0 Å². The molecule has 2 bridgehead atoms. The van der Waals surface area contributed by atoms with Crippen LogP contribution in [-0.2, 0) is 0 Å². The minimum Gasteiger partial charge on any atom is -0.0625 e. The molecule has 0 nitrogen and oxygen atoms in total. The fraction of sp³-hybridized carbons (Fsp3) is 0.875. The SMILES string of the molecule is CC1C[C]2CC(C2)C1. The Bertz CT molecular complexity index is 80.2. The topological polar surface area (TPSA) is 0 Å². The third-order valence-corrected chi connectivity index (χ3v) is 2.53. The second-order valence-electron chi connectivity index (χ2n) is 3.57. The predicted molar refractivity (Wildman–Crippen MR) is 34.4 cm³/mol. The molecule has 0 N–H and O–H groups in total. The van der Waals surface area contributed by atoms with Gasteiger partial charge in [-0.15, -0.1) is 0 Å². The highest BCUT2D eigenvalue weighted by atomic mass is 14.4. The molecule has 0 aliphatic heterocycles. The van der Waals surface area contributed by atoms with Crippen LogP contribution in [-0.4, -0.2) is 0 Å². The number of hydrogen-bond acceptors (Lipinski definition) is 0. The maximum Gasteiger partial charge on any atom is -0.0233 e. The van der Waals surface area contributed by atoms with Crippen molar-refractivity contribution < 1.29 is 0 Å². The Morgan fingerprint density at radius 3 is 2.25 bits per heavy atom. The monoisotopic (exact) mass is 109 g/mol. The van der Waals surface area contributed by atoms with Gasteiger partial charge < -0.3 is 0 Å². The molecule has 1 atom stereocenters. The smallest absolute Gasteiger partial charge is 0.0233 e. The van der Waals surface area contributed by atoms with Gasteiger partial charge in [0.15, 0.2) is 0 Å². The van der Waals surface area contributed by atoms with Crippen molar-refractivity contribution in [1.29, 1.82) is 0 Å². The first kappa shape index (κ1) is 4.84. The van der Waals surface area contributed by atoms with E-state index in [1.54, 1.807) is 0 Å². The molecule has 3 saturated carbocycles. The van der Waals surface area contributed by atoms with Crippen molar-refractivity contribution in [3.63, 3.8) is 0 Å². The summed E-state index contributed by atoms with van der Waals surface area (Å²) in [6, 6.07) is 0. The van der Waals surface area contributed by atoms with E-state index in [9.17, 15) is 0 Å². The van der Waals surface area contributed by atoms with Crippen molar-refractivity contribution in [2.45, 2.75) is 32.6 Å². The molecular formula is C8H13. The Kier molecular flexibility index (Phi) is 0.902. The Labute approximate surface area is 51.3 Å². The number of fused-ring (bicyclic) bond motifs is 2. The zero-order chi connectivity index (χ0) is 5.56. The minimum atomic E-state index is 1.03. The lowest BCUT2D eigenvalue weighted by Crippen LogP contribution is -2.31. The molecule has 0 aromatic heterocycles. The molecule has 0 heteroatoms. The third kappa shape index (κ3) is 0.586. The molecule has 3 aliphatic carbocycles. The Balaban J connectivity index is 1.97. The fourth-order valence-electron chi connectivity index (χ4n) is 2.24. The van der Waals surface area contributed by atoms with Gasteiger partial charge in [-0.2, -0.15) is 0 Å². The summed E-state index contributed by atoms with van der Waals surface area (Å²) in [5.74, 6) is 4.00. The predicted octanol–water partition coefficient (Wildman–Crippen LogP) is 2.40. The van der Waals surface area contributed by atoms with Crippen LogP contribution < -0.4 is 0 Å². The largest absolute Gasteiger partial charge is 0.0625 e. The van der Waals surface area contributed by atoms with Gasteiger partial charge in [0.1, 0.15) is 0 Å². The normalized spacial score (nSPS) is 46.1. The fourth-order valence-corrected chi connectivity index (χ4v) is 2.24. The van der Waals surface area contributed by atoms with Crippen LogP contribution in [0.1, 0.15) is 32.6 Å². The van der Waals surface area contributed by atoms with Crippen LogP contribution in [0.3, 0.4) is 0 Å². The van der Waals surface area contributed by atoms with Gasteiger partial charge in [-0.1, -0.05) is 6.92 Å². The lowest BCUT2D eigenvalue weighted by molar-refractivity contribution is 0.197.